The second-order valence-electron chi connectivity index (χ2n) is 7.87. The highest BCUT2D eigenvalue weighted by Crippen LogP contribution is 2.47. The number of aromatic amines is 1. The first-order chi connectivity index (χ1) is 14.6. The van der Waals surface area contributed by atoms with Gasteiger partial charge in [0.25, 0.3) is 5.56 Å². The zero-order valence-corrected chi connectivity index (χ0v) is 17.4. The van der Waals surface area contributed by atoms with Crippen LogP contribution in [0, 0.1) is 0 Å². The fraction of sp³-hybridized carbons (Fsp3) is 0.429. The van der Waals surface area contributed by atoms with Crippen LogP contribution in [0.5, 0.6) is 5.75 Å². The molecule has 1 amide bonds. The van der Waals surface area contributed by atoms with Gasteiger partial charge in [-0.25, -0.2) is 14.8 Å². The van der Waals surface area contributed by atoms with Gasteiger partial charge in [0, 0.05) is 13.7 Å². The van der Waals surface area contributed by atoms with Crippen molar-refractivity contribution < 1.29 is 14.3 Å². The lowest BCUT2D eigenvalue weighted by Crippen LogP contribution is -2.33. The summed E-state index contributed by atoms with van der Waals surface area (Å²) in [7, 11) is 1.66. The van der Waals surface area contributed by atoms with Crippen molar-refractivity contribution in [3.8, 4) is 5.75 Å². The highest BCUT2D eigenvalue weighted by Gasteiger charge is 2.47. The minimum atomic E-state index is -0.400. The van der Waals surface area contributed by atoms with Gasteiger partial charge in [0.05, 0.1) is 18.1 Å². The fourth-order valence-electron chi connectivity index (χ4n) is 4.01. The molecule has 1 saturated carbocycles. The molecular formula is C21H22N4O4S. The molecule has 0 radical (unpaired) electrons. The van der Waals surface area contributed by atoms with E-state index < -0.39 is 6.09 Å². The van der Waals surface area contributed by atoms with Crippen molar-refractivity contribution in [2.75, 3.05) is 20.3 Å². The van der Waals surface area contributed by atoms with Gasteiger partial charge in [-0.1, -0.05) is 29.5 Å². The van der Waals surface area contributed by atoms with Crippen LogP contribution in [0.25, 0.3) is 10.3 Å². The Morgan fingerprint density at radius 2 is 2.10 bits per heavy atom. The third-order valence-corrected chi connectivity index (χ3v) is 6.83. The van der Waals surface area contributed by atoms with Crippen LogP contribution in [-0.4, -0.2) is 46.2 Å². The van der Waals surface area contributed by atoms with E-state index in [9.17, 15) is 9.59 Å². The highest BCUT2D eigenvalue weighted by molar-refractivity contribution is 7.18. The number of nitrogens with one attached hydrogen (secondary N) is 1. The number of ether oxygens (including phenoxy) is 2. The number of hydrogen-bond acceptors (Lipinski definition) is 7. The molecule has 0 bridgehead atoms. The van der Waals surface area contributed by atoms with Crippen molar-refractivity contribution in [1.29, 1.82) is 0 Å². The van der Waals surface area contributed by atoms with E-state index in [0.29, 0.717) is 35.1 Å². The quantitative estimate of drug-likeness (QED) is 0.672. The molecule has 1 saturated heterocycles. The number of fused-ring (bicyclic) bond motifs is 1. The molecule has 3 heterocycles. The van der Waals surface area contributed by atoms with Gasteiger partial charge in [0.2, 0.25) is 0 Å². The van der Waals surface area contributed by atoms with Crippen LogP contribution in [0.15, 0.2) is 35.1 Å². The van der Waals surface area contributed by atoms with Crippen molar-refractivity contribution in [1.82, 2.24) is 19.9 Å². The summed E-state index contributed by atoms with van der Waals surface area (Å²) < 4.78 is 10.8. The molecule has 30 heavy (non-hydrogen) atoms. The van der Waals surface area contributed by atoms with Crippen LogP contribution < -0.4 is 10.3 Å². The summed E-state index contributed by atoms with van der Waals surface area (Å²) in [5, 5.41) is 0.722. The summed E-state index contributed by atoms with van der Waals surface area (Å²) >= 11 is 1.38. The number of benzene rings is 1. The van der Waals surface area contributed by atoms with Crippen LogP contribution in [0.4, 0.5) is 4.79 Å². The van der Waals surface area contributed by atoms with E-state index in [1.165, 1.54) is 11.3 Å². The summed E-state index contributed by atoms with van der Waals surface area (Å²) in [5.74, 6) is 1.18. The maximum Gasteiger partial charge on any atom is 0.415 e. The van der Waals surface area contributed by atoms with Gasteiger partial charge >= 0.3 is 6.09 Å². The Morgan fingerprint density at radius 3 is 2.83 bits per heavy atom. The Labute approximate surface area is 176 Å². The smallest absolute Gasteiger partial charge is 0.410 e. The molecule has 8 nitrogen and oxygen atoms in total. The van der Waals surface area contributed by atoms with Crippen molar-refractivity contribution >= 4 is 27.8 Å². The number of carbonyl (C=O) groups is 1. The zero-order chi connectivity index (χ0) is 20.7. The number of nitrogens with zero attached hydrogens (tertiary/aromatic N) is 3. The first-order valence-corrected chi connectivity index (χ1v) is 10.8. The van der Waals surface area contributed by atoms with Crippen LogP contribution in [0.2, 0.25) is 0 Å². The molecule has 3 aromatic rings. The number of hydrogen-bond donors (Lipinski definition) is 1. The standard InChI is InChI=1S/C21H22N4O4S/c1-28-12-21(9-10-21)19-23-16(26)15-18(24-19)30-17(22-15)14-8-5-11-25(14)20(27)29-13-6-3-2-4-7-13/h2-4,6-7,14H,5,8-12H2,1H3,(H,23,24,26)/t14-/m1/s1. The molecule has 1 aliphatic carbocycles. The number of likely N-dealkylation sites (tertiary alicyclic amines) is 1. The number of thiazole rings is 1. The molecule has 2 fully saturated rings. The van der Waals surface area contributed by atoms with E-state index in [1.54, 1.807) is 24.1 Å². The number of carbonyl (C=O) groups excluding carboxylic acids is 1. The molecule has 1 aliphatic heterocycles. The SMILES string of the molecule is COCC1(c2nc3sc([C@H]4CCCN4C(=O)Oc4ccccc4)nc3c(=O)[nH]2)CC1. The Kier molecular flexibility index (Phi) is 4.79. The minimum absolute atomic E-state index is 0.189. The summed E-state index contributed by atoms with van der Waals surface area (Å²) in [6.45, 7) is 1.13. The monoisotopic (exact) mass is 426 g/mol. The highest BCUT2D eigenvalue weighted by atomic mass is 32.1. The van der Waals surface area contributed by atoms with Crippen LogP contribution in [-0.2, 0) is 10.2 Å². The fourth-order valence-corrected chi connectivity index (χ4v) is 5.10. The van der Waals surface area contributed by atoms with E-state index in [1.807, 2.05) is 18.2 Å². The molecule has 2 aromatic heterocycles. The normalized spacial score (nSPS) is 19.9. The predicted molar refractivity (Wildman–Crippen MR) is 112 cm³/mol. The van der Waals surface area contributed by atoms with E-state index in [2.05, 4.69) is 9.97 Å². The third kappa shape index (κ3) is 3.37. The van der Waals surface area contributed by atoms with E-state index in [4.69, 9.17) is 14.5 Å². The Morgan fingerprint density at radius 1 is 1.30 bits per heavy atom. The van der Waals surface area contributed by atoms with E-state index >= 15 is 0 Å². The van der Waals surface area contributed by atoms with Gasteiger partial charge in [0.15, 0.2) is 10.3 Å². The van der Waals surface area contributed by atoms with Gasteiger partial charge in [-0.05, 0) is 37.8 Å². The third-order valence-electron chi connectivity index (χ3n) is 5.78. The maximum absolute atomic E-state index is 12.7. The molecule has 1 N–H and O–H groups in total. The predicted octanol–water partition coefficient (Wildman–Crippen LogP) is 3.39. The van der Waals surface area contributed by atoms with Gasteiger partial charge < -0.3 is 14.5 Å². The van der Waals surface area contributed by atoms with E-state index in [-0.39, 0.29) is 17.0 Å². The van der Waals surface area contributed by atoms with Crippen LogP contribution in [0.3, 0.4) is 0 Å². The number of aromatic nitrogens is 3. The molecule has 0 spiro atoms. The maximum atomic E-state index is 12.7. The second-order valence-corrected chi connectivity index (χ2v) is 8.88. The number of para-hydroxylation sites is 1. The molecule has 156 valence electrons. The lowest BCUT2D eigenvalue weighted by Gasteiger charge is -2.22. The lowest BCUT2D eigenvalue weighted by molar-refractivity contribution is 0.147. The molecule has 1 atom stereocenters. The number of rotatable bonds is 5. The van der Waals surface area contributed by atoms with Gasteiger partial charge in [-0.15, -0.1) is 0 Å². The largest absolute Gasteiger partial charge is 0.415 e. The molecule has 0 unspecified atom stereocenters. The Bertz CT molecular complexity index is 1140. The van der Waals surface area contributed by atoms with E-state index in [0.717, 1.165) is 30.7 Å². The summed E-state index contributed by atoms with van der Waals surface area (Å²) in [6.07, 6.45) is 3.13. The number of methoxy groups -OCH3 is 1. The lowest BCUT2D eigenvalue weighted by atomic mass is 10.1. The Balaban J connectivity index is 1.43. The summed E-state index contributed by atoms with van der Waals surface area (Å²) in [5.41, 5.74) is -0.1000. The summed E-state index contributed by atoms with van der Waals surface area (Å²) in [4.78, 5) is 39.8. The van der Waals surface area contributed by atoms with Crippen LogP contribution in [0.1, 0.15) is 42.6 Å². The molecule has 2 aliphatic rings. The zero-order valence-electron chi connectivity index (χ0n) is 16.6. The second kappa shape index (κ2) is 7.48. The van der Waals surface area contributed by atoms with Crippen molar-refractivity contribution in [3.63, 3.8) is 0 Å². The van der Waals surface area contributed by atoms with Crippen molar-refractivity contribution in [3.05, 3.63) is 51.5 Å². The van der Waals surface area contributed by atoms with Crippen LogP contribution >= 0.6 is 11.3 Å². The molecular weight excluding hydrogens is 404 g/mol. The average Bonchev–Trinajstić information content (AvgIpc) is 3.17. The molecule has 9 heteroatoms. The number of H-pyrrole nitrogens is 1. The van der Waals surface area contributed by atoms with Gasteiger partial charge in [0.1, 0.15) is 16.6 Å². The van der Waals surface area contributed by atoms with Gasteiger partial charge in [-0.2, -0.15) is 0 Å². The first-order valence-electron chi connectivity index (χ1n) is 10.0. The van der Waals surface area contributed by atoms with Gasteiger partial charge in [-0.3, -0.25) is 9.69 Å². The topological polar surface area (TPSA) is 97.4 Å². The summed E-state index contributed by atoms with van der Waals surface area (Å²) in [6, 6.07) is 8.80. The number of amides is 1. The van der Waals surface area contributed by atoms with Crippen molar-refractivity contribution in [2.24, 2.45) is 0 Å². The van der Waals surface area contributed by atoms with Crippen molar-refractivity contribution in [2.45, 2.75) is 37.1 Å². The first kappa shape index (κ1) is 19.2. The molecule has 1 aromatic carbocycles. The molecule has 5 rings (SSSR count). The average molecular weight is 426 g/mol. The minimum Gasteiger partial charge on any atom is -0.410 e. The Hall–Kier alpha value is -2.78.